The van der Waals surface area contributed by atoms with E-state index >= 15 is 0 Å². The van der Waals surface area contributed by atoms with Crippen molar-refractivity contribution in [1.29, 1.82) is 0 Å². The van der Waals surface area contributed by atoms with Crippen LogP contribution in [0.3, 0.4) is 0 Å². The third-order valence-electron chi connectivity index (χ3n) is 4.68. The van der Waals surface area contributed by atoms with Crippen molar-refractivity contribution in [2.45, 2.75) is 32.2 Å². The van der Waals surface area contributed by atoms with E-state index in [1.165, 1.54) is 19.2 Å². The van der Waals surface area contributed by atoms with E-state index in [4.69, 9.17) is 0 Å². The number of benzene rings is 2. The van der Waals surface area contributed by atoms with Gasteiger partial charge in [-0.05, 0) is 54.3 Å². The third kappa shape index (κ3) is 6.01. The number of hydrogen-bond donors (Lipinski definition) is 2. The van der Waals surface area contributed by atoms with Crippen LogP contribution in [0.2, 0.25) is 0 Å². The lowest BCUT2D eigenvalue weighted by molar-refractivity contribution is -0.140. The van der Waals surface area contributed by atoms with Crippen molar-refractivity contribution in [2.75, 3.05) is 7.11 Å². The van der Waals surface area contributed by atoms with E-state index in [1.54, 1.807) is 18.3 Å². The molecule has 0 spiro atoms. The lowest BCUT2D eigenvalue weighted by atomic mass is 10.1. The van der Waals surface area contributed by atoms with Gasteiger partial charge in [-0.3, -0.25) is 9.59 Å². The molecule has 0 saturated heterocycles. The summed E-state index contributed by atoms with van der Waals surface area (Å²) in [4.78, 5) is 30.7. The van der Waals surface area contributed by atoms with Gasteiger partial charge in [0.25, 0.3) is 0 Å². The van der Waals surface area contributed by atoms with Crippen LogP contribution < -0.4 is 5.32 Å². The Bertz CT molecular complexity index is 999. The molecule has 1 heterocycles. The Balaban J connectivity index is 1.54. The number of H-pyrrole nitrogens is 1. The van der Waals surface area contributed by atoms with E-state index in [0.717, 1.165) is 22.4 Å². The van der Waals surface area contributed by atoms with E-state index < -0.39 is 0 Å². The summed E-state index contributed by atoms with van der Waals surface area (Å²) < 4.78 is 17.7. The lowest BCUT2D eigenvalue weighted by Crippen LogP contribution is -2.22. The van der Waals surface area contributed by atoms with Crippen LogP contribution in [0.5, 0.6) is 0 Å². The van der Waals surface area contributed by atoms with Crippen molar-refractivity contribution < 1.29 is 18.7 Å². The maximum Gasteiger partial charge on any atom is 0.305 e. The Labute approximate surface area is 174 Å². The molecule has 0 bridgehead atoms. The molecule has 0 aliphatic rings. The van der Waals surface area contributed by atoms with Gasteiger partial charge in [0.05, 0.1) is 19.0 Å². The van der Waals surface area contributed by atoms with Crippen molar-refractivity contribution in [3.8, 4) is 22.6 Å². The molecular formula is C23H24FN3O3. The summed E-state index contributed by atoms with van der Waals surface area (Å²) in [5.74, 6) is 0.108. The monoisotopic (exact) mass is 409 g/mol. The highest BCUT2D eigenvalue weighted by molar-refractivity contribution is 5.76. The summed E-state index contributed by atoms with van der Waals surface area (Å²) >= 11 is 0. The molecule has 30 heavy (non-hydrogen) atoms. The quantitative estimate of drug-likeness (QED) is 0.409. The molecule has 3 aromatic rings. The van der Waals surface area contributed by atoms with Gasteiger partial charge < -0.3 is 15.0 Å². The molecule has 0 aliphatic carbocycles. The number of amides is 1. The first-order valence-electron chi connectivity index (χ1n) is 9.79. The molecule has 2 aromatic carbocycles. The average molecular weight is 409 g/mol. The number of nitrogens with one attached hydrogen (secondary N) is 2. The molecule has 0 saturated carbocycles. The fourth-order valence-electron chi connectivity index (χ4n) is 3.02. The number of carbonyl (C=O) groups is 2. The Morgan fingerprint density at radius 2 is 1.83 bits per heavy atom. The fraction of sp³-hybridized carbons (Fsp3) is 0.261. The first kappa shape index (κ1) is 21.2. The van der Waals surface area contributed by atoms with Crippen LogP contribution in [0.4, 0.5) is 4.39 Å². The minimum Gasteiger partial charge on any atom is -0.469 e. The fourth-order valence-corrected chi connectivity index (χ4v) is 3.02. The van der Waals surface area contributed by atoms with Crippen LogP contribution in [0.25, 0.3) is 22.6 Å². The number of methoxy groups -OCH3 is 1. The standard InChI is InChI=1S/C23H24FN3O3/c1-30-22(29)8-3-2-7-21(28)25-14-16-5-4-6-18(13-16)23-26-15-20(27-23)17-9-11-19(24)12-10-17/h4-6,9-13,15H,2-3,7-8,14H2,1H3,(H,25,28)(H,26,27). The largest absolute Gasteiger partial charge is 0.469 e. The zero-order valence-electron chi connectivity index (χ0n) is 16.8. The maximum absolute atomic E-state index is 13.1. The van der Waals surface area contributed by atoms with Crippen LogP contribution in [-0.2, 0) is 20.9 Å². The third-order valence-corrected chi connectivity index (χ3v) is 4.68. The van der Waals surface area contributed by atoms with E-state index in [1.807, 2.05) is 24.3 Å². The van der Waals surface area contributed by atoms with Gasteiger partial charge in [0, 0.05) is 24.9 Å². The molecule has 0 fully saturated rings. The van der Waals surface area contributed by atoms with Crippen molar-refractivity contribution in [2.24, 2.45) is 0 Å². The Kier molecular flexibility index (Phi) is 7.32. The summed E-state index contributed by atoms with van der Waals surface area (Å²) in [7, 11) is 1.36. The van der Waals surface area contributed by atoms with Gasteiger partial charge in [0.2, 0.25) is 5.91 Å². The van der Waals surface area contributed by atoms with Gasteiger partial charge in [-0.15, -0.1) is 0 Å². The number of aromatic nitrogens is 2. The van der Waals surface area contributed by atoms with Crippen LogP contribution in [0.1, 0.15) is 31.2 Å². The smallest absolute Gasteiger partial charge is 0.305 e. The Morgan fingerprint density at radius 3 is 2.60 bits per heavy atom. The highest BCUT2D eigenvalue weighted by Crippen LogP contribution is 2.23. The second-order valence-corrected chi connectivity index (χ2v) is 6.91. The number of rotatable bonds is 9. The number of halogens is 1. The number of unbranched alkanes of at least 4 members (excludes halogenated alkanes) is 1. The van der Waals surface area contributed by atoms with Gasteiger partial charge >= 0.3 is 5.97 Å². The molecule has 0 aliphatic heterocycles. The molecule has 6 nitrogen and oxygen atoms in total. The van der Waals surface area contributed by atoms with Crippen LogP contribution in [0, 0.1) is 5.82 Å². The molecule has 0 unspecified atom stereocenters. The second kappa shape index (κ2) is 10.3. The zero-order chi connectivity index (χ0) is 21.3. The summed E-state index contributed by atoms with van der Waals surface area (Å²) in [6.07, 6.45) is 3.68. The average Bonchev–Trinajstić information content (AvgIpc) is 3.26. The first-order chi connectivity index (χ1) is 14.5. The number of carbonyl (C=O) groups excluding carboxylic acids is 2. The van der Waals surface area contributed by atoms with E-state index in [0.29, 0.717) is 38.1 Å². The molecule has 0 radical (unpaired) electrons. The van der Waals surface area contributed by atoms with Crippen molar-refractivity contribution >= 4 is 11.9 Å². The molecule has 2 N–H and O–H groups in total. The first-order valence-corrected chi connectivity index (χ1v) is 9.79. The second-order valence-electron chi connectivity index (χ2n) is 6.91. The zero-order valence-corrected chi connectivity index (χ0v) is 16.8. The normalized spacial score (nSPS) is 10.6. The summed E-state index contributed by atoms with van der Waals surface area (Å²) in [5, 5.41) is 2.89. The predicted octanol–water partition coefficient (Wildman–Crippen LogP) is 4.23. The van der Waals surface area contributed by atoms with Gasteiger partial charge in [0.1, 0.15) is 11.6 Å². The van der Waals surface area contributed by atoms with Gasteiger partial charge in [-0.2, -0.15) is 0 Å². The van der Waals surface area contributed by atoms with E-state index in [9.17, 15) is 14.0 Å². The number of aromatic amines is 1. The summed E-state index contributed by atoms with van der Waals surface area (Å²) in [5.41, 5.74) is 3.50. The summed E-state index contributed by atoms with van der Waals surface area (Å²) in [6.45, 7) is 0.412. The topological polar surface area (TPSA) is 84.1 Å². The number of imidazole rings is 1. The van der Waals surface area contributed by atoms with Crippen LogP contribution >= 0.6 is 0 Å². The van der Waals surface area contributed by atoms with Crippen LogP contribution in [-0.4, -0.2) is 29.0 Å². The minimum absolute atomic E-state index is 0.0538. The summed E-state index contributed by atoms with van der Waals surface area (Å²) in [6, 6.07) is 14.0. The molecule has 3 rings (SSSR count). The molecule has 1 amide bonds. The minimum atomic E-state index is -0.281. The number of esters is 1. The van der Waals surface area contributed by atoms with Gasteiger partial charge in [0.15, 0.2) is 0 Å². The molecular weight excluding hydrogens is 385 g/mol. The lowest BCUT2D eigenvalue weighted by Gasteiger charge is -2.07. The highest BCUT2D eigenvalue weighted by atomic mass is 19.1. The molecule has 1 aromatic heterocycles. The Morgan fingerprint density at radius 1 is 1.07 bits per heavy atom. The van der Waals surface area contributed by atoms with Crippen molar-refractivity contribution in [3.63, 3.8) is 0 Å². The van der Waals surface area contributed by atoms with E-state index in [2.05, 4.69) is 20.0 Å². The SMILES string of the molecule is COC(=O)CCCCC(=O)NCc1cccc(-c2ncc(-c3ccc(F)cc3)[nH]2)c1. The van der Waals surface area contributed by atoms with Crippen molar-refractivity contribution in [1.82, 2.24) is 15.3 Å². The molecule has 7 heteroatoms. The molecule has 0 atom stereocenters. The number of nitrogens with zero attached hydrogens (tertiary/aromatic N) is 1. The van der Waals surface area contributed by atoms with Crippen molar-refractivity contribution in [3.05, 3.63) is 66.1 Å². The van der Waals surface area contributed by atoms with Gasteiger partial charge in [-0.25, -0.2) is 9.37 Å². The maximum atomic E-state index is 13.1. The number of ether oxygens (including phenoxy) is 1. The van der Waals surface area contributed by atoms with E-state index in [-0.39, 0.29) is 17.7 Å². The van der Waals surface area contributed by atoms with Crippen LogP contribution in [0.15, 0.2) is 54.7 Å². The number of hydrogen-bond acceptors (Lipinski definition) is 4. The molecule has 156 valence electrons. The predicted molar refractivity (Wildman–Crippen MR) is 112 cm³/mol. The Hall–Kier alpha value is -3.48. The van der Waals surface area contributed by atoms with Gasteiger partial charge in [-0.1, -0.05) is 18.2 Å². The highest BCUT2D eigenvalue weighted by Gasteiger charge is 2.08.